The average Bonchev–Trinajstić information content (AvgIpc) is 3.24. The van der Waals surface area contributed by atoms with Crippen LogP contribution < -0.4 is 10.1 Å². The van der Waals surface area contributed by atoms with Gasteiger partial charge in [-0.2, -0.15) is 5.10 Å². The number of nitrogens with zero attached hydrogens (tertiary/aromatic N) is 2. The maximum atomic E-state index is 12.2. The molecule has 0 unspecified atom stereocenters. The fourth-order valence-corrected chi connectivity index (χ4v) is 2.55. The number of rotatable bonds is 7. The van der Waals surface area contributed by atoms with Crippen LogP contribution in [-0.4, -0.2) is 22.8 Å². The van der Waals surface area contributed by atoms with Crippen LogP contribution in [0.1, 0.15) is 21.9 Å². The summed E-state index contributed by atoms with van der Waals surface area (Å²) in [6.07, 6.45) is 3.20. The molecule has 3 aromatic rings. The molecule has 2 aromatic heterocycles. The van der Waals surface area contributed by atoms with E-state index in [4.69, 9.17) is 25.5 Å². The number of benzene rings is 1. The third-order valence-corrected chi connectivity index (χ3v) is 3.78. The third kappa shape index (κ3) is 4.44. The number of carbonyl (C=O) groups is 1. The maximum absolute atomic E-state index is 12.2. The van der Waals surface area contributed by atoms with Gasteiger partial charge in [0.05, 0.1) is 18.1 Å². The van der Waals surface area contributed by atoms with Crippen molar-refractivity contribution in [1.29, 1.82) is 0 Å². The lowest BCUT2D eigenvalue weighted by Crippen LogP contribution is -2.10. The predicted molar refractivity (Wildman–Crippen MR) is 96.4 cm³/mol. The molecule has 7 nitrogen and oxygen atoms in total. The lowest BCUT2D eigenvalue weighted by Gasteiger charge is -2.07. The summed E-state index contributed by atoms with van der Waals surface area (Å²) in [6, 6.07) is 8.68. The van der Waals surface area contributed by atoms with E-state index in [-0.39, 0.29) is 18.3 Å². The average molecular weight is 376 g/mol. The molecule has 2 heterocycles. The molecule has 0 radical (unpaired) electrons. The number of ether oxygens (including phenoxy) is 2. The Balaban J connectivity index is 1.58. The zero-order valence-corrected chi connectivity index (χ0v) is 15.1. The number of nitrogens with one attached hydrogen (secondary N) is 1. The Morgan fingerprint density at radius 3 is 2.96 bits per heavy atom. The minimum Gasteiger partial charge on any atom is -0.485 e. The van der Waals surface area contributed by atoms with Crippen LogP contribution in [0.15, 0.2) is 47.1 Å². The first-order valence-electron chi connectivity index (χ1n) is 7.85. The van der Waals surface area contributed by atoms with E-state index < -0.39 is 0 Å². The molecular weight excluding hydrogens is 358 g/mol. The number of methoxy groups -OCH3 is 1. The summed E-state index contributed by atoms with van der Waals surface area (Å²) >= 11 is 5.93. The molecule has 0 saturated heterocycles. The molecule has 0 aliphatic heterocycles. The van der Waals surface area contributed by atoms with E-state index in [2.05, 4.69) is 10.4 Å². The van der Waals surface area contributed by atoms with Gasteiger partial charge in [0.2, 0.25) is 0 Å². The molecular formula is C18H18ClN3O4. The summed E-state index contributed by atoms with van der Waals surface area (Å²) in [4.78, 5) is 12.2. The summed E-state index contributed by atoms with van der Waals surface area (Å²) in [5.41, 5.74) is 1.48. The lowest BCUT2D eigenvalue weighted by atomic mass is 10.2. The van der Waals surface area contributed by atoms with Gasteiger partial charge in [-0.15, -0.1) is 0 Å². The van der Waals surface area contributed by atoms with Crippen molar-refractivity contribution < 1.29 is 18.7 Å². The van der Waals surface area contributed by atoms with Gasteiger partial charge in [-0.25, -0.2) is 4.68 Å². The van der Waals surface area contributed by atoms with Crippen LogP contribution in [0.25, 0.3) is 0 Å². The zero-order valence-electron chi connectivity index (χ0n) is 14.4. The van der Waals surface area contributed by atoms with Crippen molar-refractivity contribution in [3.63, 3.8) is 0 Å². The number of halogens is 1. The van der Waals surface area contributed by atoms with Crippen molar-refractivity contribution in [2.24, 2.45) is 0 Å². The fourth-order valence-electron chi connectivity index (χ4n) is 2.32. The highest BCUT2D eigenvalue weighted by molar-refractivity contribution is 6.30. The molecule has 0 aliphatic carbocycles. The van der Waals surface area contributed by atoms with Gasteiger partial charge in [0, 0.05) is 12.1 Å². The van der Waals surface area contributed by atoms with Crippen molar-refractivity contribution in [1.82, 2.24) is 9.78 Å². The van der Waals surface area contributed by atoms with E-state index >= 15 is 0 Å². The van der Waals surface area contributed by atoms with Crippen LogP contribution >= 0.6 is 11.6 Å². The number of aromatic nitrogens is 2. The first kappa shape index (κ1) is 18.0. The number of aryl methyl sites for hydroxylation is 1. The molecule has 136 valence electrons. The van der Waals surface area contributed by atoms with E-state index in [0.717, 1.165) is 5.56 Å². The molecule has 0 aliphatic rings. The highest BCUT2D eigenvalue weighted by atomic mass is 35.5. The van der Waals surface area contributed by atoms with Crippen LogP contribution in [0.5, 0.6) is 5.75 Å². The van der Waals surface area contributed by atoms with Crippen molar-refractivity contribution in [3.05, 3.63) is 64.8 Å². The minimum atomic E-state index is -0.365. The largest absolute Gasteiger partial charge is 0.485 e. The van der Waals surface area contributed by atoms with Crippen LogP contribution in [-0.2, 0) is 18.1 Å². The van der Waals surface area contributed by atoms with Gasteiger partial charge in [-0.3, -0.25) is 4.79 Å². The molecule has 1 N–H and O–H groups in total. The number of hydrogen-bond donors (Lipinski definition) is 1. The third-order valence-electron chi connectivity index (χ3n) is 3.54. The zero-order chi connectivity index (χ0) is 18.5. The lowest BCUT2D eigenvalue weighted by molar-refractivity contribution is 0.0992. The molecule has 0 bridgehead atoms. The van der Waals surface area contributed by atoms with E-state index in [9.17, 15) is 4.79 Å². The van der Waals surface area contributed by atoms with Gasteiger partial charge in [-0.1, -0.05) is 11.6 Å². The standard InChI is InChI=1S/C18H18ClN3O4/c1-12-7-13(19)3-5-16(12)25-10-15-4-6-17(26-15)18(23)21-14-8-20-22(9-14)11-24-2/h3-9H,10-11H2,1-2H3,(H,21,23). The van der Waals surface area contributed by atoms with Crippen LogP contribution in [0, 0.1) is 6.92 Å². The van der Waals surface area contributed by atoms with Crippen LogP contribution in [0.3, 0.4) is 0 Å². The molecule has 0 spiro atoms. The number of carbonyl (C=O) groups excluding carboxylic acids is 1. The van der Waals surface area contributed by atoms with E-state index in [1.807, 2.05) is 13.0 Å². The Hall–Kier alpha value is -2.77. The first-order valence-corrected chi connectivity index (χ1v) is 8.23. The topological polar surface area (TPSA) is 78.5 Å². The van der Waals surface area contributed by atoms with Gasteiger partial charge in [0.1, 0.15) is 24.8 Å². The molecule has 1 aromatic carbocycles. The summed E-state index contributed by atoms with van der Waals surface area (Å²) < 4.78 is 17.8. The Morgan fingerprint density at radius 2 is 2.19 bits per heavy atom. The number of anilines is 1. The van der Waals surface area contributed by atoms with E-state index in [1.54, 1.807) is 42.3 Å². The molecule has 8 heteroatoms. The van der Waals surface area contributed by atoms with Crippen molar-refractivity contribution in [2.45, 2.75) is 20.3 Å². The van der Waals surface area contributed by atoms with Crippen LogP contribution in [0.2, 0.25) is 5.02 Å². The second-order valence-corrected chi connectivity index (χ2v) is 6.04. The molecule has 0 saturated carbocycles. The first-order chi connectivity index (χ1) is 12.5. The summed E-state index contributed by atoms with van der Waals surface area (Å²) in [5.74, 6) is 1.08. The summed E-state index contributed by atoms with van der Waals surface area (Å²) in [6.45, 7) is 2.43. The van der Waals surface area contributed by atoms with Crippen molar-refractivity contribution >= 4 is 23.2 Å². The Kier molecular flexibility index (Phi) is 5.60. The minimum absolute atomic E-state index is 0.191. The quantitative estimate of drug-likeness (QED) is 0.678. The molecule has 3 rings (SSSR count). The smallest absolute Gasteiger partial charge is 0.291 e. The SMILES string of the molecule is COCn1cc(NC(=O)c2ccc(COc3ccc(Cl)cc3C)o2)cn1. The highest BCUT2D eigenvalue weighted by Gasteiger charge is 2.13. The van der Waals surface area contributed by atoms with E-state index in [0.29, 0.717) is 29.0 Å². The highest BCUT2D eigenvalue weighted by Crippen LogP contribution is 2.23. The van der Waals surface area contributed by atoms with Crippen molar-refractivity contribution in [3.8, 4) is 5.75 Å². The van der Waals surface area contributed by atoms with Crippen LogP contribution in [0.4, 0.5) is 5.69 Å². The molecule has 0 fully saturated rings. The number of hydrogen-bond acceptors (Lipinski definition) is 5. The summed E-state index contributed by atoms with van der Waals surface area (Å²) in [7, 11) is 1.57. The van der Waals surface area contributed by atoms with E-state index in [1.165, 1.54) is 6.20 Å². The molecule has 0 atom stereocenters. The van der Waals surface area contributed by atoms with Gasteiger partial charge >= 0.3 is 0 Å². The number of furan rings is 1. The normalized spacial score (nSPS) is 10.7. The van der Waals surface area contributed by atoms with Gasteiger partial charge in [0.15, 0.2) is 5.76 Å². The summed E-state index contributed by atoms with van der Waals surface area (Å²) in [5, 5.41) is 7.42. The Labute approximate surface area is 155 Å². The number of amides is 1. The van der Waals surface area contributed by atoms with Gasteiger partial charge in [0.25, 0.3) is 5.91 Å². The Bertz CT molecular complexity index is 903. The second-order valence-electron chi connectivity index (χ2n) is 5.60. The molecule has 1 amide bonds. The van der Waals surface area contributed by atoms with Gasteiger partial charge < -0.3 is 19.2 Å². The van der Waals surface area contributed by atoms with Crippen molar-refractivity contribution in [2.75, 3.05) is 12.4 Å². The Morgan fingerprint density at radius 1 is 1.35 bits per heavy atom. The van der Waals surface area contributed by atoms with Gasteiger partial charge in [-0.05, 0) is 42.8 Å². The fraction of sp³-hybridized carbons (Fsp3) is 0.222. The maximum Gasteiger partial charge on any atom is 0.291 e. The monoisotopic (exact) mass is 375 g/mol. The second kappa shape index (κ2) is 8.07. The molecule has 26 heavy (non-hydrogen) atoms. The predicted octanol–water partition coefficient (Wildman–Crippen LogP) is 3.87.